The Bertz CT molecular complexity index is 365. The topological polar surface area (TPSA) is 39.4 Å². The van der Waals surface area contributed by atoms with Crippen molar-refractivity contribution in [3.63, 3.8) is 0 Å². The molecule has 0 amide bonds. The summed E-state index contributed by atoms with van der Waals surface area (Å²) in [5.41, 5.74) is 0.221. The van der Waals surface area contributed by atoms with Crippen LogP contribution in [0.4, 0.5) is 0 Å². The summed E-state index contributed by atoms with van der Waals surface area (Å²) in [6.07, 6.45) is 0.940. The Kier molecular flexibility index (Phi) is 3.33. The molecule has 1 aromatic rings. The predicted octanol–water partition coefficient (Wildman–Crippen LogP) is 2.47. The van der Waals surface area contributed by atoms with E-state index in [1.807, 2.05) is 6.92 Å². The molecule has 0 bridgehead atoms. The van der Waals surface area contributed by atoms with E-state index in [1.54, 1.807) is 20.1 Å². The van der Waals surface area contributed by atoms with Crippen LogP contribution in [0.1, 0.15) is 37.5 Å². The molecule has 78 valence electrons. The Labute approximate surface area is 83.7 Å². The highest BCUT2D eigenvalue weighted by atomic mass is 16.5. The van der Waals surface area contributed by atoms with Gasteiger partial charge in [-0.1, -0.05) is 13.8 Å². The second kappa shape index (κ2) is 4.31. The molecule has 0 N–H and O–H groups in total. The summed E-state index contributed by atoms with van der Waals surface area (Å²) in [4.78, 5) is 11.4. The van der Waals surface area contributed by atoms with Gasteiger partial charge in [0.05, 0.1) is 12.7 Å². The summed E-state index contributed by atoms with van der Waals surface area (Å²) in [7, 11) is 1.56. The maximum Gasteiger partial charge on any atom is 0.342 e. The molecular formula is C11H16O3. The molecule has 3 nitrogen and oxygen atoms in total. The minimum absolute atomic E-state index is 0.247. The summed E-state index contributed by atoms with van der Waals surface area (Å²) in [6, 6.07) is 1.80. The van der Waals surface area contributed by atoms with Crippen molar-refractivity contribution >= 4 is 0 Å². The highest BCUT2D eigenvalue weighted by molar-refractivity contribution is 5.30. The molecule has 1 atom stereocenters. The molecule has 0 fully saturated rings. The zero-order valence-electron chi connectivity index (χ0n) is 9.09. The molecule has 3 heteroatoms. The summed E-state index contributed by atoms with van der Waals surface area (Å²) in [6.45, 7) is 5.77. The van der Waals surface area contributed by atoms with Gasteiger partial charge in [0.15, 0.2) is 0 Å². The smallest absolute Gasteiger partial charge is 0.342 e. The van der Waals surface area contributed by atoms with Crippen LogP contribution in [0.15, 0.2) is 15.3 Å². The number of hydrogen-bond donors (Lipinski definition) is 0. The normalized spacial score (nSPS) is 12.6. The van der Waals surface area contributed by atoms with Crippen LogP contribution < -0.4 is 10.4 Å². The van der Waals surface area contributed by atoms with E-state index < -0.39 is 0 Å². The average molecular weight is 196 g/mol. The Morgan fingerprint density at radius 3 is 2.71 bits per heavy atom. The molecular weight excluding hydrogens is 180 g/mol. The van der Waals surface area contributed by atoms with Crippen LogP contribution in [-0.4, -0.2) is 7.11 Å². The van der Waals surface area contributed by atoms with Crippen molar-refractivity contribution in [2.75, 3.05) is 7.11 Å². The van der Waals surface area contributed by atoms with Crippen molar-refractivity contribution in [1.82, 2.24) is 0 Å². The molecule has 0 aliphatic rings. The van der Waals surface area contributed by atoms with E-state index in [4.69, 9.17) is 9.15 Å². The van der Waals surface area contributed by atoms with E-state index in [0.717, 1.165) is 6.42 Å². The standard InChI is InChI=1S/C11H16O3/c1-5-7(2)9-6-10(13-4)8(3)11(12)14-9/h6-7H,5H2,1-4H3. The van der Waals surface area contributed by atoms with E-state index in [9.17, 15) is 4.79 Å². The molecule has 0 saturated heterocycles. The first-order chi connectivity index (χ1) is 6.60. The largest absolute Gasteiger partial charge is 0.496 e. The van der Waals surface area contributed by atoms with Crippen molar-refractivity contribution in [3.8, 4) is 5.75 Å². The van der Waals surface area contributed by atoms with Gasteiger partial charge in [0, 0.05) is 12.0 Å². The van der Waals surface area contributed by atoms with Gasteiger partial charge in [-0.3, -0.25) is 0 Å². The average Bonchev–Trinajstić information content (AvgIpc) is 2.20. The molecule has 0 aliphatic carbocycles. The summed E-state index contributed by atoms with van der Waals surface area (Å²) < 4.78 is 10.3. The third-order valence-electron chi connectivity index (χ3n) is 2.48. The van der Waals surface area contributed by atoms with Crippen LogP contribution in [0, 0.1) is 6.92 Å². The fourth-order valence-electron chi connectivity index (χ4n) is 1.21. The Balaban J connectivity index is 3.23. The van der Waals surface area contributed by atoms with Gasteiger partial charge in [-0.25, -0.2) is 4.79 Å². The summed E-state index contributed by atoms with van der Waals surface area (Å²) >= 11 is 0. The number of methoxy groups -OCH3 is 1. The van der Waals surface area contributed by atoms with Crippen LogP contribution in [0.25, 0.3) is 0 Å². The molecule has 0 spiro atoms. The van der Waals surface area contributed by atoms with Crippen molar-refractivity contribution in [2.45, 2.75) is 33.1 Å². The molecule has 0 aromatic carbocycles. The highest BCUT2D eigenvalue weighted by Gasteiger charge is 2.12. The van der Waals surface area contributed by atoms with Crippen molar-refractivity contribution in [1.29, 1.82) is 0 Å². The van der Waals surface area contributed by atoms with Gasteiger partial charge < -0.3 is 9.15 Å². The third kappa shape index (κ3) is 1.97. The van der Waals surface area contributed by atoms with Gasteiger partial charge in [0.2, 0.25) is 0 Å². The van der Waals surface area contributed by atoms with Crippen LogP contribution in [0.3, 0.4) is 0 Å². The first-order valence-electron chi connectivity index (χ1n) is 4.78. The molecule has 14 heavy (non-hydrogen) atoms. The third-order valence-corrected chi connectivity index (χ3v) is 2.48. The van der Waals surface area contributed by atoms with E-state index >= 15 is 0 Å². The molecule has 0 aliphatic heterocycles. The first kappa shape index (κ1) is 10.8. The van der Waals surface area contributed by atoms with Gasteiger partial charge >= 0.3 is 5.63 Å². The molecule has 1 rings (SSSR count). The van der Waals surface area contributed by atoms with E-state index in [-0.39, 0.29) is 11.5 Å². The van der Waals surface area contributed by atoms with Gasteiger partial charge in [-0.05, 0) is 13.3 Å². The van der Waals surface area contributed by atoms with Crippen LogP contribution in [-0.2, 0) is 0 Å². The van der Waals surface area contributed by atoms with Crippen LogP contribution in [0.2, 0.25) is 0 Å². The minimum atomic E-state index is -0.306. The number of ether oxygens (including phenoxy) is 1. The zero-order chi connectivity index (χ0) is 10.7. The van der Waals surface area contributed by atoms with Crippen molar-refractivity contribution in [2.24, 2.45) is 0 Å². The summed E-state index contributed by atoms with van der Waals surface area (Å²) in [5.74, 6) is 1.55. The SMILES string of the molecule is CCC(C)c1cc(OC)c(C)c(=O)o1. The number of hydrogen-bond acceptors (Lipinski definition) is 3. The Morgan fingerprint density at radius 2 is 2.21 bits per heavy atom. The molecule has 1 heterocycles. The lowest BCUT2D eigenvalue weighted by Crippen LogP contribution is -2.08. The van der Waals surface area contributed by atoms with E-state index in [0.29, 0.717) is 17.1 Å². The minimum Gasteiger partial charge on any atom is -0.496 e. The fraction of sp³-hybridized carbons (Fsp3) is 0.545. The van der Waals surface area contributed by atoms with Gasteiger partial charge in [0.1, 0.15) is 11.5 Å². The maximum absolute atomic E-state index is 11.4. The van der Waals surface area contributed by atoms with E-state index in [1.165, 1.54) is 0 Å². The predicted molar refractivity (Wildman–Crippen MR) is 55.0 cm³/mol. The second-order valence-electron chi connectivity index (χ2n) is 3.44. The van der Waals surface area contributed by atoms with E-state index in [2.05, 4.69) is 6.92 Å². The maximum atomic E-state index is 11.4. The molecule has 0 radical (unpaired) electrons. The lowest BCUT2D eigenvalue weighted by Gasteiger charge is -2.09. The van der Waals surface area contributed by atoms with Crippen molar-refractivity contribution in [3.05, 3.63) is 27.8 Å². The monoisotopic (exact) mass is 196 g/mol. The lowest BCUT2D eigenvalue weighted by molar-refractivity contribution is 0.376. The fourth-order valence-corrected chi connectivity index (χ4v) is 1.21. The molecule has 0 saturated carbocycles. The van der Waals surface area contributed by atoms with Crippen LogP contribution >= 0.6 is 0 Å². The zero-order valence-corrected chi connectivity index (χ0v) is 9.09. The Morgan fingerprint density at radius 1 is 1.57 bits per heavy atom. The first-order valence-corrected chi connectivity index (χ1v) is 4.78. The van der Waals surface area contributed by atoms with Crippen LogP contribution in [0.5, 0.6) is 5.75 Å². The van der Waals surface area contributed by atoms with Crippen molar-refractivity contribution < 1.29 is 9.15 Å². The Hall–Kier alpha value is -1.25. The second-order valence-corrected chi connectivity index (χ2v) is 3.44. The molecule has 1 unspecified atom stereocenters. The molecule has 1 aromatic heterocycles. The van der Waals surface area contributed by atoms with Gasteiger partial charge in [-0.15, -0.1) is 0 Å². The number of rotatable bonds is 3. The quantitative estimate of drug-likeness (QED) is 0.745. The highest BCUT2D eigenvalue weighted by Crippen LogP contribution is 2.23. The van der Waals surface area contributed by atoms with Gasteiger partial charge in [-0.2, -0.15) is 0 Å². The lowest BCUT2D eigenvalue weighted by atomic mass is 10.1. The van der Waals surface area contributed by atoms with Gasteiger partial charge in [0.25, 0.3) is 0 Å². The summed E-state index contributed by atoms with van der Waals surface area (Å²) in [5, 5.41) is 0.